The molecule has 1 aliphatic carbocycles. The molecule has 3 aromatic rings. The van der Waals surface area contributed by atoms with E-state index in [9.17, 15) is 14.0 Å². The van der Waals surface area contributed by atoms with E-state index >= 15 is 0 Å². The Bertz CT molecular complexity index is 1080. The second-order valence-corrected chi connectivity index (χ2v) is 8.12. The van der Waals surface area contributed by atoms with Crippen molar-refractivity contribution in [3.63, 3.8) is 0 Å². The van der Waals surface area contributed by atoms with E-state index in [2.05, 4.69) is 5.32 Å². The summed E-state index contributed by atoms with van der Waals surface area (Å²) in [4.78, 5) is 28.8. The normalized spacial score (nSPS) is 15.0. The summed E-state index contributed by atoms with van der Waals surface area (Å²) in [7, 11) is 1.50. The zero-order chi connectivity index (χ0) is 23.2. The highest BCUT2D eigenvalue weighted by molar-refractivity contribution is 6.09. The molecule has 33 heavy (non-hydrogen) atoms. The van der Waals surface area contributed by atoms with Crippen LogP contribution in [0.1, 0.15) is 54.3 Å². The first-order chi connectivity index (χ1) is 16.1. The van der Waals surface area contributed by atoms with Crippen LogP contribution in [0.3, 0.4) is 0 Å². The maximum atomic E-state index is 13.7. The molecule has 2 aromatic carbocycles. The number of para-hydroxylation sites is 2. The summed E-state index contributed by atoms with van der Waals surface area (Å²) in [6, 6.07) is 14.7. The van der Waals surface area contributed by atoms with Crippen molar-refractivity contribution in [3.8, 4) is 5.75 Å². The summed E-state index contributed by atoms with van der Waals surface area (Å²) >= 11 is 0. The first-order valence-electron chi connectivity index (χ1n) is 11.1. The smallest absolute Gasteiger partial charge is 0.295 e. The molecular formula is C26H27FN2O4. The van der Waals surface area contributed by atoms with Gasteiger partial charge in [-0.25, -0.2) is 4.39 Å². The molecule has 1 aliphatic rings. The van der Waals surface area contributed by atoms with Gasteiger partial charge in [-0.1, -0.05) is 43.5 Å². The second kappa shape index (κ2) is 10.3. The summed E-state index contributed by atoms with van der Waals surface area (Å²) in [6.07, 6.45) is 6.44. The Morgan fingerprint density at radius 3 is 2.42 bits per heavy atom. The standard InChI is InChI=1S/C26H27FN2O4/c1-32-22-11-6-5-10-21(22)29(26(31)23-12-7-17-33-23)24(18-13-15-19(27)16-14-18)25(30)28-20-8-3-2-4-9-20/h5-7,10-17,20,24H,2-4,8-9H2,1H3,(H,28,30). The molecule has 0 spiro atoms. The van der Waals surface area contributed by atoms with E-state index in [1.165, 1.54) is 42.5 Å². The van der Waals surface area contributed by atoms with Crippen molar-refractivity contribution in [1.29, 1.82) is 0 Å². The fourth-order valence-electron chi connectivity index (χ4n) is 4.30. The molecule has 1 heterocycles. The molecule has 0 bridgehead atoms. The lowest BCUT2D eigenvalue weighted by molar-refractivity contribution is -0.123. The summed E-state index contributed by atoms with van der Waals surface area (Å²) in [6.45, 7) is 0. The summed E-state index contributed by atoms with van der Waals surface area (Å²) in [5.41, 5.74) is 0.894. The third-order valence-corrected chi connectivity index (χ3v) is 5.94. The molecule has 1 atom stereocenters. The minimum Gasteiger partial charge on any atom is -0.495 e. The van der Waals surface area contributed by atoms with E-state index in [1.54, 1.807) is 36.4 Å². The van der Waals surface area contributed by atoms with Crippen molar-refractivity contribution in [2.24, 2.45) is 0 Å². The zero-order valence-corrected chi connectivity index (χ0v) is 18.5. The predicted octanol–water partition coefficient (Wildman–Crippen LogP) is 5.26. The van der Waals surface area contributed by atoms with Crippen LogP contribution in [0, 0.1) is 5.82 Å². The van der Waals surface area contributed by atoms with Gasteiger partial charge < -0.3 is 14.5 Å². The van der Waals surface area contributed by atoms with Gasteiger partial charge in [0.1, 0.15) is 17.6 Å². The van der Waals surface area contributed by atoms with E-state index in [4.69, 9.17) is 9.15 Å². The van der Waals surface area contributed by atoms with Gasteiger partial charge in [0.2, 0.25) is 5.91 Å². The minimum absolute atomic E-state index is 0.0347. The van der Waals surface area contributed by atoms with Crippen molar-refractivity contribution < 1.29 is 23.1 Å². The molecule has 1 aromatic heterocycles. The Morgan fingerprint density at radius 2 is 1.76 bits per heavy atom. The van der Waals surface area contributed by atoms with Crippen molar-refractivity contribution in [1.82, 2.24) is 5.32 Å². The molecule has 6 nitrogen and oxygen atoms in total. The number of nitrogens with one attached hydrogen (secondary N) is 1. The number of methoxy groups -OCH3 is 1. The number of benzene rings is 2. The highest BCUT2D eigenvalue weighted by atomic mass is 19.1. The first-order valence-corrected chi connectivity index (χ1v) is 11.1. The number of nitrogens with zero attached hydrogens (tertiary/aromatic N) is 1. The number of halogens is 1. The average Bonchev–Trinajstić information content (AvgIpc) is 3.39. The van der Waals surface area contributed by atoms with Gasteiger partial charge in [0, 0.05) is 6.04 Å². The Labute approximate surface area is 192 Å². The van der Waals surface area contributed by atoms with Crippen LogP contribution in [0.15, 0.2) is 71.3 Å². The van der Waals surface area contributed by atoms with Gasteiger partial charge in [0.15, 0.2) is 5.76 Å². The average molecular weight is 451 g/mol. The van der Waals surface area contributed by atoms with Crippen LogP contribution in [-0.2, 0) is 4.79 Å². The fraction of sp³-hybridized carbons (Fsp3) is 0.308. The molecule has 1 fully saturated rings. The second-order valence-electron chi connectivity index (χ2n) is 8.12. The molecule has 1 unspecified atom stereocenters. The zero-order valence-electron chi connectivity index (χ0n) is 18.5. The van der Waals surface area contributed by atoms with Crippen LogP contribution < -0.4 is 15.0 Å². The summed E-state index contributed by atoms with van der Waals surface area (Å²) in [5, 5.41) is 3.12. The Morgan fingerprint density at radius 1 is 1.03 bits per heavy atom. The largest absolute Gasteiger partial charge is 0.495 e. The molecule has 172 valence electrons. The van der Waals surface area contributed by atoms with Crippen LogP contribution in [-0.4, -0.2) is 25.0 Å². The van der Waals surface area contributed by atoms with Gasteiger partial charge >= 0.3 is 0 Å². The monoisotopic (exact) mass is 450 g/mol. The van der Waals surface area contributed by atoms with E-state index in [1.807, 2.05) is 0 Å². The molecule has 1 saturated carbocycles. The van der Waals surface area contributed by atoms with Crippen LogP contribution in [0.2, 0.25) is 0 Å². The topological polar surface area (TPSA) is 71.8 Å². The number of ether oxygens (including phenoxy) is 1. The van der Waals surface area contributed by atoms with E-state index in [0.29, 0.717) is 17.0 Å². The lowest BCUT2D eigenvalue weighted by atomic mass is 9.94. The molecular weight excluding hydrogens is 423 g/mol. The number of carbonyl (C=O) groups excluding carboxylic acids is 2. The molecule has 0 saturated heterocycles. The Hall–Kier alpha value is -3.61. The number of hydrogen-bond donors (Lipinski definition) is 1. The van der Waals surface area contributed by atoms with E-state index in [0.717, 1.165) is 32.1 Å². The van der Waals surface area contributed by atoms with Gasteiger partial charge in [0.05, 0.1) is 19.1 Å². The molecule has 2 amide bonds. The van der Waals surface area contributed by atoms with Crippen LogP contribution in [0.25, 0.3) is 0 Å². The molecule has 1 N–H and O–H groups in total. The predicted molar refractivity (Wildman–Crippen MR) is 123 cm³/mol. The third kappa shape index (κ3) is 5.08. The van der Waals surface area contributed by atoms with Crippen molar-refractivity contribution in [2.45, 2.75) is 44.2 Å². The number of amides is 2. The number of rotatable bonds is 7. The number of furan rings is 1. The maximum Gasteiger partial charge on any atom is 0.295 e. The molecule has 0 radical (unpaired) electrons. The van der Waals surface area contributed by atoms with Crippen molar-refractivity contribution >= 4 is 17.5 Å². The minimum atomic E-state index is -1.05. The van der Waals surface area contributed by atoms with Gasteiger partial charge in [-0.3, -0.25) is 14.5 Å². The first kappa shape index (κ1) is 22.6. The van der Waals surface area contributed by atoms with Gasteiger partial charge in [0.25, 0.3) is 5.91 Å². The highest BCUT2D eigenvalue weighted by Crippen LogP contribution is 2.36. The number of anilines is 1. The Kier molecular flexibility index (Phi) is 7.07. The fourth-order valence-corrected chi connectivity index (χ4v) is 4.30. The molecule has 4 rings (SSSR count). The van der Waals surface area contributed by atoms with Crippen molar-refractivity contribution in [2.75, 3.05) is 12.0 Å². The molecule has 0 aliphatic heterocycles. The van der Waals surface area contributed by atoms with E-state index < -0.39 is 17.8 Å². The number of carbonyl (C=O) groups is 2. The third-order valence-electron chi connectivity index (χ3n) is 5.94. The lowest BCUT2D eigenvalue weighted by Gasteiger charge is -2.33. The summed E-state index contributed by atoms with van der Waals surface area (Å²) < 4.78 is 24.6. The SMILES string of the molecule is COc1ccccc1N(C(=O)c1ccco1)C(C(=O)NC1CCCCC1)c1ccc(F)cc1. The number of hydrogen-bond acceptors (Lipinski definition) is 4. The van der Waals surface area contributed by atoms with Gasteiger partial charge in [-0.15, -0.1) is 0 Å². The lowest BCUT2D eigenvalue weighted by Crippen LogP contribution is -2.47. The van der Waals surface area contributed by atoms with Crippen molar-refractivity contribution in [3.05, 3.63) is 84.1 Å². The van der Waals surface area contributed by atoms with Gasteiger partial charge in [-0.2, -0.15) is 0 Å². The van der Waals surface area contributed by atoms with E-state index in [-0.39, 0.29) is 17.7 Å². The maximum absolute atomic E-state index is 13.7. The van der Waals surface area contributed by atoms with Crippen LogP contribution in [0.5, 0.6) is 5.75 Å². The highest BCUT2D eigenvalue weighted by Gasteiger charge is 2.36. The molecule has 7 heteroatoms. The Balaban J connectivity index is 1.82. The van der Waals surface area contributed by atoms with Crippen LogP contribution >= 0.6 is 0 Å². The van der Waals surface area contributed by atoms with Crippen LogP contribution in [0.4, 0.5) is 10.1 Å². The van der Waals surface area contributed by atoms with Gasteiger partial charge in [-0.05, 0) is 54.8 Å². The summed E-state index contributed by atoms with van der Waals surface area (Å²) in [5.74, 6) is -0.753. The quantitative estimate of drug-likeness (QED) is 0.533.